The van der Waals surface area contributed by atoms with Crippen molar-refractivity contribution in [2.24, 2.45) is 80.6 Å². The van der Waals surface area contributed by atoms with Crippen LogP contribution in [0.4, 0.5) is 0 Å². The molecule has 0 aliphatic heterocycles. The second kappa shape index (κ2) is 11.8. The van der Waals surface area contributed by atoms with Gasteiger partial charge in [-0.25, -0.2) is 0 Å². The van der Waals surface area contributed by atoms with Gasteiger partial charge in [0.2, 0.25) is 0 Å². The van der Waals surface area contributed by atoms with Gasteiger partial charge >= 0.3 is 0 Å². The second-order valence-electron chi connectivity index (χ2n) is 18.6. The van der Waals surface area contributed by atoms with Gasteiger partial charge in [0, 0.05) is 29.7 Å². The zero-order valence-electron chi connectivity index (χ0n) is 30.2. The fourth-order valence-electron chi connectivity index (χ4n) is 14.4. The molecule has 0 aromatic heterocycles. The first kappa shape index (κ1) is 34.1. The van der Waals surface area contributed by atoms with Crippen molar-refractivity contribution in [1.29, 1.82) is 0 Å². The van der Waals surface area contributed by atoms with Crippen LogP contribution in [0.25, 0.3) is 0 Å². The van der Waals surface area contributed by atoms with Crippen molar-refractivity contribution < 1.29 is 25.2 Å². The molecule has 14 atom stereocenters. The largest absolute Gasteiger partial charge is 0.392 e. The molecule has 0 unspecified atom stereocenters. The Morgan fingerprint density at radius 2 is 1.73 bits per heavy atom. The van der Waals surface area contributed by atoms with Crippen molar-refractivity contribution in [1.82, 2.24) is 0 Å². The van der Waals surface area contributed by atoms with E-state index in [4.69, 9.17) is 11.5 Å². The van der Waals surface area contributed by atoms with Crippen molar-refractivity contribution in [3.8, 4) is 0 Å². The van der Waals surface area contributed by atoms with Crippen LogP contribution in [0, 0.1) is 64.1 Å². The SMILES string of the molecule is CC(C)C1=C2CCCC[C@H]2C2=C3[C@H](CCC2)C[C@@H]([C@H]2CC[C@@]4(O)C5=CC(=O)[C@@H]6C[C@@H](O)[C@@H](O)C[C@]6(C)[C@H]5[C@H](CN=C(N)N)C[C@]24C)[C@H](O)[C@@H]13. The van der Waals surface area contributed by atoms with E-state index in [-0.39, 0.29) is 54.2 Å². The van der Waals surface area contributed by atoms with Gasteiger partial charge in [0.1, 0.15) is 0 Å². The number of ketones is 1. The summed E-state index contributed by atoms with van der Waals surface area (Å²) in [7, 11) is 0. The summed E-state index contributed by atoms with van der Waals surface area (Å²) in [6.07, 6.45) is 11.4. The van der Waals surface area contributed by atoms with Crippen LogP contribution < -0.4 is 11.5 Å². The smallest absolute Gasteiger partial charge is 0.185 e. The van der Waals surface area contributed by atoms with Gasteiger partial charge in [-0.1, -0.05) is 56.4 Å². The van der Waals surface area contributed by atoms with Crippen molar-refractivity contribution in [3.05, 3.63) is 33.9 Å². The number of carbonyl (C=O) groups excluding carboxylic acids is 1. The number of rotatable bonds is 4. The Morgan fingerprint density at radius 3 is 2.47 bits per heavy atom. The molecule has 5 saturated carbocycles. The molecule has 8 rings (SSSR count). The Hall–Kier alpha value is -2.00. The van der Waals surface area contributed by atoms with E-state index in [1.807, 2.05) is 0 Å². The standard InChI is InChI=1S/C41H61N3O5/c1-20(2)33-24-10-6-5-9-23(24)25-11-7-8-21-14-26(37(48)35(33)34(21)25)27-12-13-41(49)29-16-30(45)28-15-31(46)32(47)18-39(28,3)36(29)22(17-40(27,41)4)19-44-38(42)43/h16,20-23,26-28,31-32,35-37,46-49H,5-15,17-19H2,1-4H3,(H4,42,43,44)/t21-,22+,23-,26+,27-,28+,31-,32+,35+,36+,37+,39+,40-,41-/m1/s1. The van der Waals surface area contributed by atoms with Crippen molar-refractivity contribution in [3.63, 3.8) is 0 Å². The number of aliphatic hydroxyl groups excluding tert-OH is 3. The molecule has 8 aliphatic carbocycles. The summed E-state index contributed by atoms with van der Waals surface area (Å²) in [5.41, 5.74) is 16.6. The number of hydrogen-bond donors (Lipinski definition) is 6. The van der Waals surface area contributed by atoms with E-state index in [9.17, 15) is 25.2 Å². The number of guanidine groups is 1. The van der Waals surface area contributed by atoms with Gasteiger partial charge in [-0.3, -0.25) is 9.79 Å². The number of aliphatic hydroxyl groups is 4. The zero-order chi connectivity index (χ0) is 34.8. The summed E-state index contributed by atoms with van der Waals surface area (Å²) in [6.45, 7) is 9.34. The summed E-state index contributed by atoms with van der Waals surface area (Å²) >= 11 is 0. The van der Waals surface area contributed by atoms with Gasteiger partial charge < -0.3 is 31.9 Å². The van der Waals surface area contributed by atoms with Crippen LogP contribution in [0.15, 0.2) is 38.9 Å². The number of nitrogens with two attached hydrogens (primary N) is 2. The predicted octanol–water partition coefficient (Wildman–Crippen LogP) is 4.94. The van der Waals surface area contributed by atoms with Crippen LogP contribution >= 0.6 is 0 Å². The minimum atomic E-state index is -1.21. The fourth-order valence-corrected chi connectivity index (χ4v) is 14.4. The lowest BCUT2D eigenvalue weighted by Gasteiger charge is -2.63. The Bertz CT molecular complexity index is 1510. The quantitative estimate of drug-likeness (QED) is 0.140. The molecule has 0 aromatic carbocycles. The Labute approximate surface area is 292 Å². The van der Waals surface area contributed by atoms with Gasteiger partial charge in [0.05, 0.1) is 23.9 Å². The molecular weight excluding hydrogens is 614 g/mol. The van der Waals surface area contributed by atoms with E-state index < -0.39 is 40.7 Å². The monoisotopic (exact) mass is 675 g/mol. The molecule has 8 nitrogen and oxygen atoms in total. The third-order valence-corrected chi connectivity index (χ3v) is 16.1. The fraction of sp³-hybridized carbons (Fsp3) is 0.805. The summed E-state index contributed by atoms with van der Waals surface area (Å²) in [6, 6.07) is 0. The summed E-state index contributed by atoms with van der Waals surface area (Å²) in [5.74, 6) is 0.920. The molecule has 0 radical (unpaired) electrons. The highest BCUT2D eigenvalue weighted by molar-refractivity contribution is 5.95. The van der Waals surface area contributed by atoms with E-state index in [0.29, 0.717) is 37.1 Å². The number of hydrogen-bond acceptors (Lipinski definition) is 6. The highest BCUT2D eigenvalue weighted by Gasteiger charge is 2.70. The topological polar surface area (TPSA) is 162 Å². The number of nitrogens with zero attached hydrogens (tertiary/aromatic N) is 1. The molecule has 0 spiro atoms. The first-order valence-electron chi connectivity index (χ1n) is 19.7. The molecule has 0 aromatic rings. The minimum absolute atomic E-state index is 0.0230. The van der Waals surface area contributed by atoms with Gasteiger partial charge in [0.25, 0.3) is 0 Å². The van der Waals surface area contributed by atoms with E-state index >= 15 is 0 Å². The van der Waals surface area contributed by atoms with Crippen molar-refractivity contribution in [2.45, 2.75) is 135 Å². The molecule has 270 valence electrons. The normalized spacial score (nSPS) is 49.0. The van der Waals surface area contributed by atoms with Crippen molar-refractivity contribution in [2.75, 3.05) is 6.54 Å². The van der Waals surface area contributed by atoms with Gasteiger partial charge in [-0.05, 0) is 130 Å². The molecule has 49 heavy (non-hydrogen) atoms. The van der Waals surface area contributed by atoms with Crippen LogP contribution in [0.5, 0.6) is 0 Å². The summed E-state index contributed by atoms with van der Waals surface area (Å²) in [4.78, 5) is 18.5. The highest BCUT2D eigenvalue weighted by Crippen LogP contribution is 2.71. The lowest BCUT2D eigenvalue weighted by molar-refractivity contribution is -0.166. The number of carbonyl (C=O) groups is 1. The summed E-state index contributed by atoms with van der Waals surface area (Å²) < 4.78 is 0. The lowest BCUT2D eigenvalue weighted by Crippen LogP contribution is -2.64. The van der Waals surface area contributed by atoms with Gasteiger partial charge in [0.15, 0.2) is 11.7 Å². The maximum absolute atomic E-state index is 14.0. The molecule has 8 heteroatoms. The Morgan fingerprint density at radius 1 is 0.980 bits per heavy atom. The van der Waals surface area contributed by atoms with Crippen LogP contribution in [-0.4, -0.2) is 62.6 Å². The molecule has 8 aliphatic rings. The highest BCUT2D eigenvalue weighted by atomic mass is 16.3. The molecule has 8 N–H and O–H groups in total. The van der Waals surface area contributed by atoms with Crippen molar-refractivity contribution >= 4 is 11.7 Å². The average Bonchev–Trinajstić information content (AvgIpc) is 3.32. The van der Waals surface area contributed by atoms with E-state index in [2.05, 4.69) is 32.7 Å². The van der Waals surface area contributed by atoms with E-state index in [1.165, 1.54) is 44.1 Å². The Balaban J connectivity index is 1.22. The van der Waals surface area contributed by atoms with Gasteiger partial charge in [-0.2, -0.15) is 0 Å². The molecule has 0 saturated heterocycles. The van der Waals surface area contributed by atoms with E-state index in [0.717, 1.165) is 24.8 Å². The minimum Gasteiger partial charge on any atom is -0.392 e. The maximum Gasteiger partial charge on any atom is 0.185 e. The third kappa shape index (κ3) is 4.74. The molecule has 0 amide bonds. The first-order chi connectivity index (χ1) is 23.2. The molecule has 5 fully saturated rings. The van der Waals surface area contributed by atoms with Crippen LogP contribution in [0.1, 0.15) is 111 Å². The number of allylic oxidation sites excluding steroid dienone is 3. The predicted molar refractivity (Wildman–Crippen MR) is 190 cm³/mol. The average molecular weight is 676 g/mol. The molecule has 0 bridgehead atoms. The molecule has 0 heterocycles. The lowest BCUT2D eigenvalue weighted by atomic mass is 9.42. The van der Waals surface area contributed by atoms with E-state index in [1.54, 1.807) is 22.8 Å². The maximum atomic E-state index is 14.0. The van der Waals surface area contributed by atoms with Crippen LogP contribution in [-0.2, 0) is 4.79 Å². The van der Waals surface area contributed by atoms with Crippen LogP contribution in [0.2, 0.25) is 0 Å². The molecular formula is C41H61N3O5. The van der Waals surface area contributed by atoms with Gasteiger partial charge in [-0.15, -0.1) is 0 Å². The van der Waals surface area contributed by atoms with Crippen LogP contribution in [0.3, 0.4) is 0 Å². The second-order valence-corrected chi connectivity index (χ2v) is 18.6. The number of fused-ring (bicyclic) bond motifs is 7. The number of aliphatic imine (C=N–C) groups is 1. The summed E-state index contributed by atoms with van der Waals surface area (Å²) in [5, 5.41) is 47.6. The first-order valence-corrected chi connectivity index (χ1v) is 19.7. The Kier molecular flexibility index (Phi) is 8.19. The third-order valence-electron chi connectivity index (χ3n) is 16.1. The zero-order valence-corrected chi connectivity index (χ0v) is 30.2.